The van der Waals surface area contributed by atoms with Crippen molar-refractivity contribution in [1.82, 2.24) is 0 Å². The predicted octanol–water partition coefficient (Wildman–Crippen LogP) is 5.65. The highest BCUT2D eigenvalue weighted by Crippen LogP contribution is 2.29. The van der Waals surface area contributed by atoms with Crippen LogP contribution < -0.4 is 5.32 Å². The molecule has 0 fully saturated rings. The van der Waals surface area contributed by atoms with Gasteiger partial charge in [-0.3, -0.25) is 0 Å². The minimum Gasteiger partial charge on any atom is -0.459 e. The van der Waals surface area contributed by atoms with Gasteiger partial charge in [-0.1, -0.05) is 15.9 Å². The molecule has 0 bridgehead atoms. The zero-order valence-electron chi connectivity index (χ0n) is 11.2. The smallest absolute Gasteiger partial charge is 0.149 e. The van der Waals surface area contributed by atoms with Gasteiger partial charge in [-0.05, 0) is 43.3 Å². The maximum absolute atomic E-state index is 13.6. The summed E-state index contributed by atoms with van der Waals surface area (Å²) in [6, 6.07) is 10.8. The third-order valence-electron chi connectivity index (χ3n) is 3.23. The average Bonchev–Trinajstić information content (AvgIpc) is 2.85. The fraction of sp³-hybridized carbons (Fsp3) is 0.125. The molecule has 5 heteroatoms. The Balaban J connectivity index is 1.87. The molecule has 2 aromatic carbocycles. The van der Waals surface area contributed by atoms with Crippen molar-refractivity contribution in [2.24, 2.45) is 0 Å². The van der Waals surface area contributed by atoms with Gasteiger partial charge in [0.2, 0.25) is 0 Å². The molecular formula is C16H12BrF2NO. The monoisotopic (exact) mass is 351 g/mol. The van der Waals surface area contributed by atoms with Crippen molar-refractivity contribution < 1.29 is 13.2 Å². The third-order valence-corrected chi connectivity index (χ3v) is 3.72. The number of hydrogen-bond acceptors (Lipinski definition) is 2. The van der Waals surface area contributed by atoms with Crippen LogP contribution in [0.3, 0.4) is 0 Å². The second-order valence-electron chi connectivity index (χ2n) is 4.82. The van der Waals surface area contributed by atoms with Crippen LogP contribution in [0.2, 0.25) is 0 Å². The number of rotatable bonds is 3. The van der Waals surface area contributed by atoms with Crippen LogP contribution >= 0.6 is 15.9 Å². The van der Waals surface area contributed by atoms with Crippen LogP contribution in [0, 0.1) is 11.6 Å². The zero-order valence-corrected chi connectivity index (χ0v) is 12.7. The van der Waals surface area contributed by atoms with E-state index in [0.717, 1.165) is 21.5 Å². The van der Waals surface area contributed by atoms with E-state index in [4.69, 9.17) is 4.42 Å². The molecule has 108 valence electrons. The van der Waals surface area contributed by atoms with E-state index in [9.17, 15) is 8.78 Å². The number of benzene rings is 2. The molecule has 3 aromatic rings. The van der Waals surface area contributed by atoms with Gasteiger partial charge in [0.15, 0.2) is 0 Å². The normalized spacial score (nSPS) is 12.6. The van der Waals surface area contributed by atoms with Gasteiger partial charge < -0.3 is 9.73 Å². The lowest BCUT2D eigenvalue weighted by Gasteiger charge is -2.13. The first-order valence-corrected chi connectivity index (χ1v) is 7.23. The van der Waals surface area contributed by atoms with Gasteiger partial charge in [0.25, 0.3) is 0 Å². The molecule has 0 radical (unpaired) electrons. The Kier molecular flexibility index (Phi) is 3.68. The van der Waals surface area contributed by atoms with E-state index < -0.39 is 11.6 Å². The first-order valence-electron chi connectivity index (χ1n) is 6.43. The standard InChI is InChI=1S/C16H12BrF2NO/c1-9(20-14-4-3-12(18)8-13(14)19)16-7-10-6-11(17)2-5-15(10)21-16/h2-9,20H,1H3. The van der Waals surface area contributed by atoms with Crippen molar-refractivity contribution in [2.75, 3.05) is 5.32 Å². The molecule has 0 saturated carbocycles. The van der Waals surface area contributed by atoms with Gasteiger partial charge in [0.05, 0.1) is 11.7 Å². The maximum Gasteiger partial charge on any atom is 0.149 e. The van der Waals surface area contributed by atoms with Gasteiger partial charge in [0.1, 0.15) is 23.0 Å². The first-order chi connectivity index (χ1) is 10.0. The SMILES string of the molecule is CC(Nc1ccc(F)cc1F)c1cc2cc(Br)ccc2o1. The Labute approximate surface area is 128 Å². The van der Waals surface area contributed by atoms with Gasteiger partial charge >= 0.3 is 0 Å². The number of nitrogens with one attached hydrogen (secondary N) is 1. The van der Waals surface area contributed by atoms with Crippen LogP contribution in [0.5, 0.6) is 0 Å². The summed E-state index contributed by atoms with van der Waals surface area (Å²) in [5.74, 6) is -0.535. The molecule has 0 aliphatic rings. The van der Waals surface area contributed by atoms with Crippen molar-refractivity contribution >= 4 is 32.6 Å². The number of hydrogen-bond donors (Lipinski definition) is 1. The summed E-state index contributed by atoms with van der Waals surface area (Å²) < 4.78 is 33.2. The van der Waals surface area contributed by atoms with Gasteiger partial charge in [-0.25, -0.2) is 8.78 Å². The Morgan fingerprint density at radius 2 is 1.90 bits per heavy atom. The summed E-state index contributed by atoms with van der Waals surface area (Å²) >= 11 is 3.41. The molecule has 1 heterocycles. The molecule has 1 aromatic heterocycles. The zero-order chi connectivity index (χ0) is 15.0. The first kappa shape index (κ1) is 14.1. The average molecular weight is 352 g/mol. The summed E-state index contributed by atoms with van der Waals surface area (Å²) in [7, 11) is 0. The highest BCUT2D eigenvalue weighted by atomic mass is 79.9. The van der Waals surface area contributed by atoms with E-state index in [0.29, 0.717) is 5.76 Å². The fourth-order valence-electron chi connectivity index (χ4n) is 2.16. The lowest BCUT2D eigenvalue weighted by molar-refractivity contribution is 0.523. The summed E-state index contributed by atoms with van der Waals surface area (Å²) in [4.78, 5) is 0. The Hall–Kier alpha value is -1.88. The minimum absolute atomic E-state index is 0.240. The van der Waals surface area contributed by atoms with Crippen molar-refractivity contribution in [3.8, 4) is 0 Å². The van der Waals surface area contributed by atoms with E-state index in [-0.39, 0.29) is 11.7 Å². The molecular weight excluding hydrogens is 340 g/mol. The van der Waals surface area contributed by atoms with Crippen LogP contribution in [0.15, 0.2) is 51.4 Å². The third kappa shape index (κ3) is 2.93. The molecule has 0 spiro atoms. The summed E-state index contributed by atoms with van der Waals surface area (Å²) in [5.41, 5.74) is 1.01. The predicted molar refractivity (Wildman–Crippen MR) is 82.3 cm³/mol. The van der Waals surface area contributed by atoms with Gasteiger partial charge in [-0.2, -0.15) is 0 Å². The van der Waals surface area contributed by atoms with Crippen molar-refractivity contribution in [3.63, 3.8) is 0 Å². The summed E-state index contributed by atoms with van der Waals surface area (Å²) in [6.07, 6.45) is 0. The van der Waals surface area contributed by atoms with Crippen molar-refractivity contribution in [2.45, 2.75) is 13.0 Å². The van der Waals surface area contributed by atoms with Gasteiger partial charge in [0, 0.05) is 15.9 Å². The highest BCUT2D eigenvalue weighted by molar-refractivity contribution is 9.10. The quantitative estimate of drug-likeness (QED) is 0.659. The lowest BCUT2D eigenvalue weighted by atomic mass is 10.2. The maximum atomic E-state index is 13.6. The second-order valence-corrected chi connectivity index (χ2v) is 5.74. The molecule has 0 amide bonds. The molecule has 1 unspecified atom stereocenters. The Morgan fingerprint density at radius 1 is 1.10 bits per heavy atom. The van der Waals surface area contributed by atoms with Crippen LogP contribution in [0.1, 0.15) is 18.7 Å². The summed E-state index contributed by atoms with van der Waals surface area (Å²) in [6.45, 7) is 1.86. The van der Waals surface area contributed by atoms with Crippen LogP contribution in [0.25, 0.3) is 11.0 Å². The van der Waals surface area contributed by atoms with E-state index >= 15 is 0 Å². The molecule has 1 N–H and O–H groups in total. The van der Waals surface area contributed by atoms with E-state index in [1.165, 1.54) is 12.1 Å². The largest absolute Gasteiger partial charge is 0.459 e. The Bertz CT molecular complexity index is 800. The molecule has 2 nitrogen and oxygen atoms in total. The molecule has 21 heavy (non-hydrogen) atoms. The second kappa shape index (κ2) is 5.48. The highest BCUT2D eigenvalue weighted by Gasteiger charge is 2.14. The van der Waals surface area contributed by atoms with E-state index in [2.05, 4.69) is 21.2 Å². The van der Waals surface area contributed by atoms with Crippen molar-refractivity contribution in [1.29, 1.82) is 0 Å². The molecule has 0 saturated heterocycles. The number of furan rings is 1. The Morgan fingerprint density at radius 3 is 2.67 bits per heavy atom. The molecule has 0 aliphatic carbocycles. The number of anilines is 1. The topological polar surface area (TPSA) is 25.2 Å². The van der Waals surface area contributed by atoms with Crippen molar-refractivity contribution in [3.05, 3.63) is 64.3 Å². The molecule has 1 atom stereocenters. The van der Waals surface area contributed by atoms with Crippen LogP contribution in [-0.4, -0.2) is 0 Å². The fourth-order valence-corrected chi connectivity index (χ4v) is 2.54. The molecule has 0 aliphatic heterocycles. The lowest BCUT2D eigenvalue weighted by Crippen LogP contribution is -2.07. The van der Waals surface area contributed by atoms with Crippen LogP contribution in [-0.2, 0) is 0 Å². The number of halogens is 3. The summed E-state index contributed by atoms with van der Waals surface area (Å²) in [5, 5.41) is 3.95. The molecule has 3 rings (SSSR count). The number of fused-ring (bicyclic) bond motifs is 1. The van der Waals surface area contributed by atoms with Gasteiger partial charge in [-0.15, -0.1) is 0 Å². The van der Waals surface area contributed by atoms with E-state index in [1.54, 1.807) is 0 Å². The van der Waals surface area contributed by atoms with E-state index in [1.807, 2.05) is 31.2 Å². The minimum atomic E-state index is -0.624. The van der Waals surface area contributed by atoms with Crippen LogP contribution in [0.4, 0.5) is 14.5 Å².